The SMILES string of the molecule is CC1CN(S(=O)(=O)CC(C)(C)C)CC(CN)O1. The third-order valence-corrected chi connectivity index (χ3v) is 4.88. The van der Waals surface area contributed by atoms with Gasteiger partial charge in [0.15, 0.2) is 0 Å². The molecule has 2 atom stereocenters. The van der Waals surface area contributed by atoms with E-state index in [2.05, 4.69) is 0 Å². The van der Waals surface area contributed by atoms with Gasteiger partial charge in [-0.25, -0.2) is 8.42 Å². The van der Waals surface area contributed by atoms with Gasteiger partial charge < -0.3 is 10.5 Å². The number of sulfonamides is 1. The second-order valence-corrected chi connectivity index (χ2v) is 7.91. The molecule has 0 radical (unpaired) electrons. The van der Waals surface area contributed by atoms with Crippen molar-refractivity contribution in [3.63, 3.8) is 0 Å². The lowest BCUT2D eigenvalue weighted by atomic mass is 10.0. The van der Waals surface area contributed by atoms with Crippen LogP contribution < -0.4 is 5.73 Å². The quantitative estimate of drug-likeness (QED) is 0.801. The summed E-state index contributed by atoms with van der Waals surface area (Å²) in [6.45, 7) is 8.81. The van der Waals surface area contributed by atoms with Gasteiger partial charge in [-0.15, -0.1) is 0 Å². The number of morpholine rings is 1. The Bertz CT molecular complexity index is 348. The van der Waals surface area contributed by atoms with E-state index < -0.39 is 10.0 Å². The molecule has 17 heavy (non-hydrogen) atoms. The Morgan fingerprint density at radius 1 is 1.35 bits per heavy atom. The Hall–Kier alpha value is -0.170. The molecule has 2 N–H and O–H groups in total. The number of rotatable bonds is 3. The van der Waals surface area contributed by atoms with Gasteiger partial charge in [0.25, 0.3) is 0 Å². The highest BCUT2D eigenvalue weighted by Crippen LogP contribution is 2.21. The summed E-state index contributed by atoms with van der Waals surface area (Å²) in [6.07, 6.45) is -0.277. The largest absolute Gasteiger partial charge is 0.371 e. The van der Waals surface area contributed by atoms with Crippen LogP contribution in [-0.2, 0) is 14.8 Å². The van der Waals surface area contributed by atoms with Gasteiger partial charge in [-0.1, -0.05) is 20.8 Å². The molecule has 0 bridgehead atoms. The number of nitrogens with zero attached hydrogens (tertiary/aromatic N) is 1. The monoisotopic (exact) mass is 264 g/mol. The Kier molecular flexibility index (Phi) is 4.57. The Morgan fingerprint density at radius 2 is 1.94 bits per heavy atom. The van der Waals surface area contributed by atoms with Gasteiger partial charge in [0.1, 0.15) is 0 Å². The second kappa shape index (κ2) is 5.22. The zero-order chi connectivity index (χ0) is 13.3. The Labute approximate surface area is 104 Å². The lowest BCUT2D eigenvalue weighted by Gasteiger charge is -2.36. The first kappa shape index (κ1) is 14.9. The van der Waals surface area contributed by atoms with E-state index in [9.17, 15) is 8.42 Å². The second-order valence-electron chi connectivity index (χ2n) is 5.94. The topological polar surface area (TPSA) is 72.6 Å². The van der Waals surface area contributed by atoms with Gasteiger partial charge >= 0.3 is 0 Å². The fourth-order valence-corrected chi connectivity index (χ4v) is 4.11. The van der Waals surface area contributed by atoms with Crippen molar-refractivity contribution >= 4 is 10.0 Å². The van der Waals surface area contributed by atoms with Gasteiger partial charge in [0.2, 0.25) is 10.0 Å². The Balaban J connectivity index is 2.77. The Morgan fingerprint density at radius 3 is 2.41 bits per heavy atom. The maximum Gasteiger partial charge on any atom is 0.214 e. The van der Waals surface area contributed by atoms with Gasteiger partial charge in [-0.3, -0.25) is 0 Å². The highest BCUT2D eigenvalue weighted by atomic mass is 32.2. The molecular weight excluding hydrogens is 240 g/mol. The van der Waals surface area contributed by atoms with Crippen LogP contribution in [0.4, 0.5) is 0 Å². The highest BCUT2D eigenvalue weighted by molar-refractivity contribution is 7.89. The summed E-state index contributed by atoms with van der Waals surface area (Å²) >= 11 is 0. The summed E-state index contributed by atoms with van der Waals surface area (Å²) in [5, 5.41) is 0. The van der Waals surface area contributed by atoms with E-state index in [1.165, 1.54) is 4.31 Å². The van der Waals surface area contributed by atoms with Crippen LogP contribution in [0.3, 0.4) is 0 Å². The summed E-state index contributed by atoms with van der Waals surface area (Å²) in [5.74, 6) is 0.157. The average molecular weight is 264 g/mol. The van der Waals surface area contributed by atoms with Crippen LogP contribution >= 0.6 is 0 Å². The van der Waals surface area contributed by atoms with E-state index >= 15 is 0 Å². The molecule has 0 aromatic rings. The van der Waals surface area contributed by atoms with Crippen LogP contribution in [0.5, 0.6) is 0 Å². The lowest BCUT2D eigenvalue weighted by molar-refractivity contribution is -0.0487. The van der Waals surface area contributed by atoms with Crippen LogP contribution in [0.2, 0.25) is 0 Å². The first-order valence-electron chi connectivity index (χ1n) is 5.97. The zero-order valence-corrected chi connectivity index (χ0v) is 12.0. The molecule has 1 fully saturated rings. The van der Waals surface area contributed by atoms with Crippen LogP contribution in [0.15, 0.2) is 0 Å². The van der Waals surface area contributed by atoms with Crippen molar-refractivity contribution in [2.75, 3.05) is 25.4 Å². The minimum atomic E-state index is -3.22. The highest BCUT2D eigenvalue weighted by Gasteiger charge is 2.34. The van der Waals surface area contributed by atoms with E-state index in [0.29, 0.717) is 19.6 Å². The van der Waals surface area contributed by atoms with Crippen molar-refractivity contribution in [2.45, 2.75) is 39.9 Å². The molecule has 0 spiro atoms. The third-order valence-electron chi connectivity index (χ3n) is 2.56. The van der Waals surface area contributed by atoms with Crippen molar-refractivity contribution in [1.82, 2.24) is 4.31 Å². The third kappa shape index (κ3) is 4.54. The summed E-state index contributed by atoms with van der Waals surface area (Å²) < 4.78 is 31.6. The summed E-state index contributed by atoms with van der Waals surface area (Å²) in [4.78, 5) is 0. The number of hydrogen-bond donors (Lipinski definition) is 1. The molecule has 1 rings (SSSR count). The predicted molar refractivity (Wildman–Crippen MR) is 68.2 cm³/mol. The van der Waals surface area contributed by atoms with Gasteiger partial charge in [-0.05, 0) is 12.3 Å². The van der Waals surface area contributed by atoms with Crippen LogP contribution in [0.25, 0.3) is 0 Å². The number of hydrogen-bond acceptors (Lipinski definition) is 4. The van der Waals surface area contributed by atoms with Crippen molar-refractivity contribution < 1.29 is 13.2 Å². The van der Waals surface area contributed by atoms with E-state index in [-0.39, 0.29) is 23.4 Å². The lowest BCUT2D eigenvalue weighted by Crippen LogP contribution is -2.52. The fraction of sp³-hybridized carbons (Fsp3) is 1.00. The summed E-state index contributed by atoms with van der Waals surface area (Å²) in [6, 6.07) is 0. The first-order valence-corrected chi connectivity index (χ1v) is 7.58. The maximum absolute atomic E-state index is 12.2. The van der Waals surface area contributed by atoms with E-state index in [4.69, 9.17) is 10.5 Å². The summed E-state index contributed by atoms with van der Waals surface area (Å²) in [7, 11) is -3.22. The molecule has 1 heterocycles. The molecule has 0 aromatic carbocycles. The molecule has 0 amide bonds. The maximum atomic E-state index is 12.2. The molecule has 0 saturated carbocycles. The molecular formula is C11H24N2O3S. The van der Waals surface area contributed by atoms with Crippen LogP contribution in [0, 0.1) is 5.41 Å². The van der Waals surface area contributed by atoms with E-state index in [1.807, 2.05) is 27.7 Å². The molecule has 1 aliphatic rings. The van der Waals surface area contributed by atoms with Crippen molar-refractivity contribution in [3.8, 4) is 0 Å². The number of ether oxygens (including phenoxy) is 1. The van der Waals surface area contributed by atoms with Gasteiger partial charge in [-0.2, -0.15) is 4.31 Å². The zero-order valence-electron chi connectivity index (χ0n) is 11.1. The molecule has 6 heteroatoms. The normalized spacial score (nSPS) is 28.3. The van der Waals surface area contributed by atoms with Crippen molar-refractivity contribution in [1.29, 1.82) is 0 Å². The van der Waals surface area contributed by atoms with Crippen molar-refractivity contribution in [3.05, 3.63) is 0 Å². The molecule has 2 unspecified atom stereocenters. The minimum absolute atomic E-state index is 0.0907. The predicted octanol–water partition coefficient (Wildman–Crippen LogP) is 0.410. The molecule has 0 aromatic heterocycles. The first-order chi connectivity index (χ1) is 7.64. The molecule has 1 saturated heterocycles. The fourth-order valence-electron chi connectivity index (χ4n) is 2.00. The molecule has 102 valence electrons. The minimum Gasteiger partial charge on any atom is -0.371 e. The standard InChI is InChI=1S/C11H24N2O3S/c1-9-6-13(7-10(5-12)16-9)17(14,15)8-11(2,3)4/h9-10H,5-8,12H2,1-4H3. The summed E-state index contributed by atoms with van der Waals surface area (Å²) in [5.41, 5.74) is 5.31. The molecule has 0 aliphatic carbocycles. The smallest absolute Gasteiger partial charge is 0.214 e. The number of nitrogens with two attached hydrogens (primary N) is 1. The van der Waals surface area contributed by atoms with Crippen LogP contribution in [-0.4, -0.2) is 50.3 Å². The van der Waals surface area contributed by atoms with E-state index in [1.54, 1.807) is 0 Å². The molecule has 5 nitrogen and oxygen atoms in total. The average Bonchev–Trinajstić information content (AvgIpc) is 2.13. The van der Waals surface area contributed by atoms with Crippen molar-refractivity contribution in [2.24, 2.45) is 11.1 Å². The molecule has 1 aliphatic heterocycles. The van der Waals surface area contributed by atoms with E-state index in [0.717, 1.165) is 0 Å². The van der Waals surface area contributed by atoms with Gasteiger partial charge in [0, 0.05) is 19.6 Å². The van der Waals surface area contributed by atoms with Crippen LogP contribution in [0.1, 0.15) is 27.7 Å². The van der Waals surface area contributed by atoms with Gasteiger partial charge in [0.05, 0.1) is 18.0 Å².